The van der Waals surface area contributed by atoms with Gasteiger partial charge in [-0.2, -0.15) is 0 Å². The minimum Gasteiger partial charge on any atom is -0.320 e. The van der Waals surface area contributed by atoms with Crippen molar-refractivity contribution in [3.8, 4) is 11.8 Å². The molecule has 0 amide bonds. The summed E-state index contributed by atoms with van der Waals surface area (Å²) in [6.45, 7) is 3.81. The number of nitrogens with zero attached hydrogens (tertiary/aromatic N) is 1. The van der Waals surface area contributed by atoms with Crippen molar-refractivity contribution in [1.82, 2.24) is 4.90 Å². The third kappa shape index (κ3) is 4.34. The molecule has 110 valence electrons. The van der Waals surface area contributed by atoms with Crippen LogP contribution in [0.15, 0.2) is 11.4 Å². The van der Waals surface area contributed by atoms with E-state index in [-0.39, 0.29) is 0 Å². The zero-order chi connectivity index (χ0) is 14.4. The van der Waals surface area contributed by atoms with Crippen molar-refractivity contribution >= 4 is 11.3 Å². The first-order valence-electron chi connectivity index (χ1n) is 7.69. The molecule has 0 spiro atoms. The van der Waals surface area contributed by atoms with Crippen LogP contribution in [0, 0.1) is 17.8 Å². The van der Waals surface area contributed by atoms with Crippen LogP contribution in [0.25, 0.3) is 0 Å². The maximum absolute atomic E-state index is 5.41. The quantitative estimate of drug-likeness (QED) is 0.861. The lowest BCUT2D eigenvalue weighted by Gasteiger charge is -2.34. The third-order valence-corrected chi connectivity index (χ3v) is 5.33. The van der Waals surface area contributed by atoms with E-state index >= 15 is 0 Å². The molecule has 0 unspecified atom stereocenters. The van der Waals surface area contributed by atoms with Gasteiger partial charge in [-0.15, -0.1) is 11.3 Å². The van der Waals surface area contributed by atoms with E-state index in [0.717, 1.165) is 24.1 Å². The summed E-state index contributed by atoms with van der Waals surface area (Å²) >= 11 is 1.81. The monoisotopic (exact) mass is 290 g/mol. The molecule has 20 heavy (non-hydrogen) atoms. The number of thiophene rings is 1. The van der Waals surface area contributed by atoms with Gasteiger partial charge in [0.15, 0.2) is 0 Å². The van der Waals surface area contributed by atoms with Gasteiger partial charge in [0.05, 0.1) is 6.54 Å². The van der Waals surface area contributed by atoms with Crippen LogP contribution in [-0.2, 0) is 6.54 Å². The van der Waals surface area contributed by atoms with Crippen molar-refractivity contribution in [3.63, 3.8) is 0 Å². The van der Waals surface area contributed by atoms with Crippen LogP contribution < -0.4 is 5.73 Å². The molecule has 0 saturated heterocycles. The summed E-state index contributed by atoms with van der Waals surface area (Å²) in [6.07, 6.45) is 6.89. The van der Waals surface area contributed by atoms with Crippen molar-refractivity contribution in [2.24, 2.45) is 11.7 Å². The lowest BCUT2D eigenvalue weighted by molar-refractivity contribution is 0.158. The molecule has 0 atom stereocenters. The minimum absolute atomic E-state index is 0.436. The molecule has 2 nitrogen and oxygen atoms in total. The maximum atomic E-state index is 5.41. The van der Waals surface area contributed by atoms with Crippen molar-refractivity contribution in [1.29, 1.82) is 0 Å². The van der Waals surface area contributed by atoms with Gasteiger partial charge in [-0.05, 0) is 44.7 Å². The summed E-state index contributed by atoms with van der Waals surface area (Å²) < 4.78 is 0. The molecule has 2 N–H and O–H groups in total. The van der Waals surface area contributed by atoms with Crippen molar-refractivity contribution in [3.05, 3.63) is 21.9 Å². The van der Waals surface area contributed by atoms with Gasteiger partial charge in [0.1, 0.15) is 0 Å². The van der Waals surface area contributed by atoms with E-state index in [1.54, 1.807) is 0 Å². The fraction of sp³-hybridized carbons (Fsp3) is 0.647. The molecule has 0 aromatic carbocycles. The van der Waals surface area contributed by atoms with Crippen LogP contribution in [0.5, 0.6) is 0 Å². The van der Waals surface area contributed by atoms with Gasteiger partial charge in [0.2, 0.25) is 0 Å². The molecular weight excluding hydrogens is 264 g/mol. The number of rotatable bonds is 4. The Morgan fingerprint density at radius 3 is 2.75 bits per heavy atom. The standard InChI is InChI=1S/C17H26N2S/c1-3-14-6-8-16(9-7-14)19(2)12-17-11-15(13-20-17)5-4-10-18/h11,13-14,16H,3,6-10,12,18H2,1-2H3. The summed E-state index contributed by atoms with van der Waals surface area (Å²) in [5.74, 6) is 7.00. The van der Waals surface area contributed by atoms with Gasteiger partial charge in [-0.25, -0.2) is 0 Å². The predicted octanol–water partition coefficient (Wildman–Crippen LogP) is 3.46. The van der Waals surface area contributed by atoms with Gasteiger partial charge < -0.3 is 5.73 Å². The highest BCUT2D eigenvalue weighted by molar-refractivity contribution is 7.10. The first-order valence-corrected chi connectivity index (χ1v) is 8.57. The Morgan fingerprint density at radius 2 is 2.10 bits per heavy atom. The van der Waals surface area contributed by atoms with Crippen LogP contribution in [0.4, 0.5) is 0 Å². The number of hydrogen-bond acceptors (Lipinski definition) is 3. The van der Waals surface area contributed by atoms with E-state index in [1.165, 1.54) is 37.0 Å². The Morgan fingerprint density at radius 1 is 1.35 bits per heavy atom. The third-order valence-electron chi connectivity index (χ3n) is 4.41. The number of nitrogens with two attached hydrogens (primary N) is 1. The average Bonchev–Trinajstić information content (AvgIpc) is 2.92. The maximum Gasteiger partial charge on any atom is 0.0555 e. The van der Waals surface area contributed by atoms with Crippen molar-refractivity contribution in [2.45, 2.75) is 51.6 Å². The summed E-state index contributed by atoms with van der Waals surface area (Å²) in [7, 11) is 2.27. The zero-order valence-corrected chi connectivity index (χ0v) is 13.5. The Bertz CT molecular complexity index is 461. The summed E-state index contributed by atoms with van der Waals surface area (Å²) in [4.78, 5) is 3.93. The van der Waals surface area contributed by atoms with Gasteiger partial charge in [-0.1, -0.05) is 25.2 Å². The van der Waals surface area contributed by atoms with Crippen molar-refractivity contribution in [2.75, 3.05) is 13.6 Å². The zero-order valence-electron chi connectivity index (χ0n) is 12.7. The summed E-state index contributed by atoms with van der Waals surface area (Å²) in [5, 5.41) is 2.14. The Kier molecular flexibility index (Phi) is 6.09. The van der Waals surface area contributed by atoms with E-state index in [2.05, 4.69) is 42.2 Å². The normalized spacial score (nSPS) is 22.6. The van der Waals surface area contributed by atoms with E-state index in [1.807, 2.05) is 11.3 Å². The topological polar surface area (TPSA) is 29.3 Å². The lowest BCUT2D eigenvalue weighted by Crippen LogP contribution is -2.34. The Hall–Kier alpha value is -0.820. The van der Waals surface area contributed by atoms with Crippen LogP contribution in [0.1, 0.15) is 49.5 Å². The highest BCUT2D eigenvalue weighted by Crippen LogP contribution is 2.30. The minimum atomic E-state index is 0.436. The molecule has 1 aromatic heterocycles. The van der Waals surface area contributed by atoms with E-state index in [9.17, 15) is 0 Å². The van der Waals surface area contributed by atoms with Crippen molar-refractivity contribution < 1.29 is 0 Å². The molecule has 1 aliphatic carbocycles. The van der Waals surface area contributed by atoms with Crippen LogP contribution in [-0.4, -0.2) is 24.5 Å². The molecule has 1 saturated carbocycles. The first kappa shape index (κ1) is 15.6. The highest BCUT2D eigenvalue weighted by atomic mass is 32.1. The van der Waals surface area contributed by atoms with E-state index in [4.69, 9.17) is 5.73 Å². The molecule has 1 fully saturated rings. The lowest BCUT2D eigenvalue weighted by atomic mass is 9.84. The average molecular weight is 290 g/mol. The highest BCUT2D eigenvalue weighted by Gasteiger charge is 2.23. The number of hydrogen-bond donors (Lipinski definition) is 1. The van der Waals surface area contributed by atoms with Gasteiger partial charge in [0.25, 0.3) is 0 Å². The SMILES string of the molecule is CCC1CCC(N(C)Cc2cc(C#CCN)cs2)CC1. The molecule has 2 rings (SSSR count). The fourth-order valence-electron chi connectivity index (χ4n) is 3.05. The van der Waals surface area contributed by atoms with Crippen LogP contribution in [0.3, 0.4) is 0 Å². The predicted molar refractivity (Wildman–Crippen MR) is 87.8 cm³/mol. The Balaban J connectivity index is 1.85. The second-order valence-corrected chi connectivity index (χ2v) is 6.80. The van der Waals surface area contributed by atoms with Crippen LogP contribution in [0.2, 0.25) is 0 Å². The molecule has 1 aliphatic rings. The molecule has 1 heterocycles. The summed E-state index contributed by atoms with van der Waals surface area (Å²) in [6, 6.07) is 2.97. The second kappa shape index (κ2) is 7.83. The summed E-state index contributed by atoms with van der Waals surface area (Å²) in [5.41, 5.74) is 6.52. The van der Waals surface area contributed by atoms with Crippen LogP contribution >= 0.6 is 11.3 Å². The Labute approximate surface area is 127 Å². The molecule has 0 aliphatic heterocycles. The molecule has 3 heteroatoms. The second-order valence-electron chi connectivity index (χ2n) is 5.81. The fourth-order valence-corrected chi connectivity index (χ4v) is 3.93. The largest absolute Gasteiger partial charge is 0.320 e. The van der Waals surface area contributed by atoms with Gasteiger partial charge in [-0.3, -0.25) is 4.90 Å². The molecule has 0 bridgehead atoms. The molecule has 1 aromatic rings. The van der Waals surface area contributed by atoms with Gasteiger partial charge >= 0.3 is 0 Å². The smallest absolute Gasteiger partial charge is 0.0555 e. The first-order chi connectivity index (χ1) is 9.72. The van der Waals surface area contributed by atoms with E-state index in [0.29, 0.717) is 6.54 Å². The molecular formula is C17H26N2S. The van der Waals surface area contributed by atoms with E-state index < -0.39 is 0 Å². The molecule has 0 radical (unpaired) electrons. The van der Waals surface area contributed by atoms with Gasteiger partial charge in [0, 0.05) is 28.4 Å².